The molecule has 4 heteroatoms. The van der Waals surface area contributed by atoms with E-state index >= 15 is 0 Å². The maximum Gasteiger partial charge on any atom is 0.338 e. The topological polar surface area (TPSA) is 55.4 Å². The summed E-state index contributed by atoms with van der Waals surface area (Å²) in [4.78, 5) is 24.3. The minimum Gasteiger partial charge on any atom is -0.457 e. The number of ether oxygens (including phenoxy) is 1. The molecule has 0 bridgehead atoms. The highest BCUT2D eigenvalue weighted by molar-refractivity contribution is 6.04. The van der Waals surface area contributed by atoms with E-state index in [1.807, 2.05) is 55.5 Å². The molecule has 0 fully saturated rings. The first-order chi connectivity index (χ1) is 12.6. The molecule has 130 valence electrons. The lowest BCUT2D eigenvalue weighted by atomic mass is 10.1. The van der Waals surface area contributed by atoms with E-state index in [1.165, 1.54) is 0 Å². The normalized spacial score (nSPS) is 10.2. The Morgan fingerprint density at radius 3 is 2.19 bits per heavy atom. The molecular weight excluding hydrogens is 326 g/mol. The molecule has 0 saturated carbocycles. The lowest BCUT2D eigenvalue weighted by Gasteiger charge is -2.08. The van der Waals surface area contributed by atoms with Crippen molar-refractivity contribution in [1.82, 2.24) is 0 Å². The summed E-state index contributed by atoms with van der Waals surface area (Å²) < 4.78 is 5.35. The number of hydrogen-bond acceptors (Lipinski definition) is 3. The first-order valence-corrected chi connectivity index (χ1v) is 8.31. The molecule has 0 spiro atoms. The summed E-state index contributed by atoms with van der Waals surface area (Å²) in [7, 11) is 0. The van der Waals surface area contributed by atoms with Gasteiger partial charge in [0.25, 0.3) is 5.91 Å². The molecule has 26 heavy (non-hydrogen) atoms. The molecule has 3 aromatic rings. The maximum absolute atomic E-state index is 12.2. The Morgan fingerprint density at radius 2 is 1.50 bits per heavy atom. The van der Waals surface area contributed by atoms with Gasteiger partial charge in [-0.05, 0) is 48.4 Å². The monoisotopic (exact) mass is 345 g/mol. The van der Waals surface area contributed by atoms with Crippen LogP contribution in [-0.2, 0) is 11.3 Å². The van der Waals surface area contributed by atoms with Crippen molar-refractivity contribution in [3.63, 3.8) is 0 Å². The maximum atomic E-state index is 12.2. The molecule has 3 rings (SSSR count). The number of rotatable bonds is 5. The Hall–Kier alpha value is -3.40. The summed E-state index contributed by atoms with van der Waals surface area (Å²) in [6, 6.07) is 23.6. The Bertz CT molecular complexity index is 902. The molecule has 0 aromatic heterocycles. The number of carbonyl (C=O) groups is 2. The Kier molecular flexibility index (Phi) is 5.44. The Morgan fingerprint density at radius 1 is 0.846 bits per heavy atom. The number of carbonyl (C=O) groups excluding carboxylic acids is 2. The van der Waals surface area contributed by atoms with Crippen LogP contribution in [0.2, 0.25) is 0 Å². The van der Waals surface area contributed by atoms with Crippen molar-refractivity contribution in [2.45, 2.75) is 13.5 Å². The molecular formula is C22H19NO3. The highest BCUT2D eigenvalue weighted by Gasteiger charge is 2.10. The van der Waals surface area contributed by atoms with Crippen molar-refractivity contribution in [2.24, 2.45) is 0 Å². The number of para-hydroxylation sites is 1. The van der Waals surface area contributed by atoms with Crippen LogP contribution in [0.4, 0.5) is 5.69 Å². The van der Waals surface area contributed by atoms with E-state index in [0.29, 0.717) is 11.1 Å². The molecule has 0 saturated heterocycles. The molecule has 0 radical (unpaired) electrons. The van der Waals surface area contributed by atoms with E-state index in [0.717, 1.165) is 16.8 Å². The van der Waals surface area contributed by atoms with Gasteiger partial charge in [0, 0.05) is 11.3 Å². The quantitative estimate of drug-likeness (QED) is 0.687. The number of esters is 1. The highest BCUT2D eigenvalue weighted by atomic mass is 16.5. The number of hydrogen-bond donors (Lipinski definition) is 1. The van der Waals surface area contributed by atoms with Crippen LogP contribution in [0.5, 0.6) is 0 Å². The largest absolute Gasteiger partial charge is 0.457 e. The summed E-state index contributed by atoms with van der Waals surface area (Å²) in [6.45, 7) is 2.03. The van der Waals surface area contributed by atoms with Gasteiger partial charge in [-0.25, -0.2) is 4.79 Å². The van der Waals surface area contributed by atoms with Gasteiger partial charge >= 0.3 is 5.97 Å². The first kappa shape index (κ1) is 17.4. The van der Waals surface area contributed by atoms with Gasteiger partial charge < -0.3 is 10.1 Å². The number of benzene rings is 3. The molecule has 0 heterocycles. The van der Waals surface area contributed by atoms with Gasteiger partial charge in [0.15, 0.2) is 0 Å². The Labute approximate surface area is 152 Å². The van der Waals surface area contributed by atoms with Gasteiger partial charge in [0.1, 0.15) is 6.61 Å². The molecule has 3 aromatic carbocycles. The van der Waals surface area contributed by atoms with E-state index in [4.69, 9.17) is 4.74 Å². The third-order valence-corrected chi connectivity index (χ3v) is 3.98. The second-order valence-corrected chi connectivity index (χ2v) is 5.91. The lowest BCUT2D eigenvalue weighted by Crippen LogP contribution is -2.12. The van der Waals surface area contributed by atoms with Crippen LogP contribution >= 0.6 is 0 Å². The van der Waals surface area contributed by atoms with Crippen molar-refractivity contribution >= 4 is 17.6 Å². The zero-order chi connectivity index (χ0) is 18.4. The van der Waals surface area contributed by atoms with Gasteiger partial charge in [0.05, 0.1) is 5.56 Å². The molecule has 0 unspecified atom stereocenters. The van der Waals surface area contributed by atoms with Crippen molar-refractivity contribution in [3.05, 3.63) is 101 Å². The summed E-state index contributed by atoms with van der Waals surface area (Å²) >= 11 is 0. The average molecular weight is 345 g/mol. The predicted octanol–water partition coefficient (Wildman–Crippen LogP) is 4.60. The SMILES string of the molecule is Cc1ccccc1C(=O)OCc1ccc(C(=O)Nc2ccccc2)cc1. The summed E-state index contributed by atoms with van der Waals surface area (Å²) in [6.07, 6.45) is 0. The third-order valence-electron chi connectivity index (χ3n) is 3.98. The number of nitrogens with one attached hydrogen (secondary N) is 1. The average Bonchev–Trinajstić information content (AvgIpc) is 2.67. The summed E-state index contributed by atoms with van der Waals surface area (Å²) in [5.41, 5.74) is 3.55. The second-order valence-electron chi connectivity index (χ2n) is 5.91. The zero-order valence-corrected chi connectivity index (χ0v) is 14.4. The van der Waals surface area contributed by atoms with E-state index in [2.05, 4.69) is 5.32 Å². The van der Waals surface area contributed by atoms with E-state index in [1.54, 1.807) is 30.3 Å². The fourth-order valence-electron chi connectivity index (χ4n) is 2.51. The van der Waals surface area contributed by atoms with Crippen LogP contribution in [0.3, 0.4) is 0 Å². The molecule has 4 nitrogen and oxygen atoms in total. The van der Waals surface area contributed by atoms with Crippen molar-refractivity contribution in [3.8, 4) is 0 Å². The van der Waals surface area contributed by atoms with Crippen LogP contribution in [0.25, 0.3) is 0 Å². The van der Waals surface area contributed by atoms with Gasteiger partial charge in [-0.2, -0.15) is 0 Å². The molecule has 1 N–H and O–H groups in total. The zero-order valence-electron chi connectivity index (χ0n) is 14.4. The number of aryl methyl sites for hydroxylation is 1. The molecule has 0 atom stereocenters. The fourth-order valence-corrected chi connectivity index (χ4v) is 2.51. The van der Waals surface area contributed by atoms with Gasteiger partial charge in [0.2, 0.25) is 0 Å². The second kappa shape index (κ2) is 8.12. The van der Waals surface area contributed by atoms with Crippen LogP contribution in [0.1, 0.15) is 31.8 Å². The van der Waals surface area contributed by atoms with E-state index in [9.17, 15) is 9.59 Å². The Balaban J connectivity index is 1.58. The van der Waals surface area contributed by atoms with Crippen molar-refractivity contribution < 1.29 is 14.3 Å². The van der Waals surface area contributed by atoms with Crippen LogP contribution < -0.4 is 5.32 Å². The van der Waals surface area contributed by atoms with Gasteiger partial charge in [-0.3, -0.25) is 4.79 Å². The molecule has 0 aliphatic heterocycles. The lowest BCUT2D eigenvalue weighted by molar-refractivity contribution is 0.0471. The van der Waals surface area contributed by atoms with Crippen LogP contribution in [-0.4, -0.2) is 11.9 Å². The third kappa shape index (κ3) is 4.36. The molecule has 0 aliphatic carbocycles. The van der Waals surface area contributed by atoms with Crippen LogP contribution in [0, 0.1) is 6.92 Å². The molecule has 1 amide bonds. The minimum absolute atomic E-state index is 0.160. The van der Waals surface area contributed by atoms with E-state index < -0.39 is 0 Å². The van der Waals surface area contributed by atoms with E-state index in [-0.39, 0.29) is 18.5 Å². The standard InChI is InChI=1S/C22H19NO3/c1-16-7-5-6-10-20(16)22(25)26-15-17-11-13-18(14-12-17)21(24)23-19-8-3-2-4-9-19/h2-14H,15H2,1H3,(H,23,24). The highest BCUT2D eigenvalue weighted by Crippen LogP contribution is 2.13. The van der Waals surface area contributed by atoms with Crippen LogP contribution in [0.15, 0.2) is 78.9 Å². The smallest absolute Gasteiger partial charge is 0.338 e. The first-order valence-electron chi connectivity index (χ1n) is 8.31. The van der Waals surface area contributed by atoms with Gasteiger partial charge in [-0.15, -0.1) is 0 Å². The summed E-state index contributed by atoms with van der Waals surface area (Å²) in [5, 5.41) is 2.83. The van der Waals surface area contributed by atoms with Crippen molar-refractivity contribution in [2.75, 3.05) is 5.32 Å². The molecule has 0 aliphatic rings. The number of anilines is 1. The van der Waals surface area contributed by atoms with Crippen molar-refractivity contribution in [1.29, 1.82) is 0 Å². The predicted molar refractivity (Wildman–Crippen MR) is 101 cm³/mol. The minimum atomic E-state index is -0.353. The fraction of sp³-hybridized carbons (Fsp3) is 0.0909. The number of amides is 1. The summed E-state index contributed by atoms with van der Waals surface area (Å²) in [5.74, 6) is -0.534. The van der Waals surface area contributed by atoms with Gasteiger partial charge in [-0.1, -0.05) is 48.5 Å².